The zero-order valence-electron chi connectivity index (χ0n) is 16.7. The van der Waals surface area contributed by atoms with Crippen LogP contribution in [-0.4, -0.2) is 63.8 Å². The fourth-order valence-corrected chi connectivity index (χ4v) is 3.27. The summed E-state index contributed by atoms with van der Waals surface area (Å²) in [6, 6.07) is 7.91. The summed E-state index contributed by atoms with van der Waals surface area (Å²) in [6.07, 6.45) is 9.00. The third-order valence-corrected chi connectivity index (χ3v) is 4.85. The van der Waals surface area contributed by atoms with E-state index in [9.17, 15) is 0 Å². The van der Waals surface area contributed by atoms with Crippen molar-refractivity contribution < 1.29 is 0 Å². The van der Waals surface area contributed by atoms with Gasteiger partial charge in [0.15, 0.2) is 11.7 Å². The Morgan fingerprint density at radius 1 is 1.29 bits per heavy atom. The van der Waals surface area contributed by atoms with Gasteiger partial charge in [-0.2, -0.15) is 5.10 Å². The van der Waals surface area contributed by atoms with Crippen LogP contribution in [0.2, 0.25) is 0 Å². The minimum Gasteiger partial charge on any atom is -0.361 e. The summed E-state index contributed by atoms with van der Waals surface area (Å²) >= 11 is 0. The van der Waals surface area contributed by atoms with Crippen molar-refractivity contribution in [2.45, 2.75) is 19.8 Å². The predicted octanol–water partition coefficient (Wildman–Crippen LogP) is 2.90. The van der Waals surface area contributed by atoms with Gasteiger partial charge in [-0.3, -0.25) is 5.41 Å². The number of anilines is 1. The second kappa shape index (κ2) is 9.16. The van der Waals surface area contributed by atoms with E-state index in [2.05, 4.69) is 37.9 Å². The molecule has 2 N–H and O–H groups in total. The van der Waals surface area contributed by atoms with E-state index < -0.39 is 0 Å². The Balaban J connectivity index is 0.000000169. The molecule has 0 unspecified atom stereocenters. The molecule has 1 fully saturated rings. The molecule has 4 heterocycles. The Labute approximate surface area is 165 Å². The fraction of sp³-hybridized carbons (Fsp3) is 0.400. The Hall–Kier alpha value is -3.16. The second-order valence-electron chi connectivity index (χ2n) is 7.15. The third kappa shape index (κ3) is 4.57. The first-order chi connectivity index (χ1) is 13.6. The maximum atomic E-state index is 6.88. The number of H-pyrrole nitrogens is 1. The number of amidine groups is 1. The van der Waals surface area contributed by atoms with E-state index in [1.54, 1.807) is 6.33 Å². The molecule has 0 radical (unpaired) electrons. The van der Waals surface area contributed by atoms with E-state index in [0.29, 0.717) is 0 Å². The van der Waals surface area contributed by atoms with Crippen LogP contribution in [0.4, 0.5) is 5.82 Å². The summed E-state index contributed by atoms with van der Waals surface area (Å²) in [5, 5.41) is 11.1. The van der Waals surface area contributed by atoms with Crippen LogP contribution in [-0.2, 0) is 0 Å². The highest BCUT2D eigenvalue weighted by Gasteiger charge is 2.18. The number of aromatic nitrogens is 4. The molecule has 1 saturated heterocycles. The average molecular weight is 381 g/mol. The summed E-state index contributed by atoms with van der Waals surface area (Å²) < 4.78 is 1.89. The topological polar surface area (TPSA) is 88.7 Å². The van der Waals surface area contributed by atoms with Gasteiger partial charge in [-0.05, 0) is 43.0 Å². The number of aliphatic imine (C=N–C) groups is 1. The van der Waals surface area contributed by atoms with Crippen LogP contribution >= 0.6 is 0 Å². The first-order valence-corrected chi connectivity index (χ1v) is 9.51. The Kier molecular flexibility index (Phi) is 6.41. The van der Waals surface area contributed by atoms with Crippen molar-refractivity contribution in [1.82, 2.24) is 24.5 Å². The van der Waals surface area contributed by atoms with Crippen molar-refractivity contribution >= 4 is 23.5 Å². The van der Waals surface area contributed by atoms with E-state index in [1.807, 2.05) is 54.1 Å². The molecule has 0 atom stereocenters. The normalized spacial score (nSPS) is 15.2. The first-order valence-electron chi connectivity index (χ1n) is 9.51. The molecule has 8 nitrogen and oxygen atoms in total. The van der Waals surface area contributed by atoms with Crippen LogP contribution in [0.3, 0.4) is 0 Å². The molecule has 0 bridgehead atoms. The number of fused-ring (bicyclic) bond motifs is 1. The molecule has 3 aromatic rings. The molecule has 1 aliphatic rings. The van der Waals surface area contributed by atoms with Crippen LogP contribution in [0.25, 0.3) is 5.52 Å². The van der Waals surface area contributed by atoms with E-state index in [-0.39, 0.29) is 0 Å². The molecule has 8 heteroatoms. The average Bonchev–Trinajstić information content (AvgIpc) is 3.38. The third-order valence-electron chi connectivity index (χ3n) is 4.85. The molecule has 28 heavy (non-hydrogen) atoms. The maximum Gasteiger partial charge on any atom is 0.156 e. The molecule has 3 aromatic heterocycles. The van der Waals surface area contributed by atoms with Gasteiger partial charge in [-0.25, -0.2) is 14.5 Å². The van der Waals surface area contributed by atoms with Gasteiger partial charge in [0.25, 0.3) is 0 Å². The van der Waals surface area contributed by atoms with E-state index in [4.69, 9.17) is 5.41 Å². The van der Waals surface area contributed by atoms with Gasteiger partial charge in [0.05, 0.1) is 5.69 Å². The van der Waals surface area contributed by atoms with Crippen molar-refractivity contribution in [3.8, 4) is 0 Å². The van der Waals surface area contributed by atoms with Gasteiger partial charge in [0.2, 0.25) is 0 Å². The molecule has 0 aliphatic carbocycles. The SMILES string of the molecule is CC1CCN(c2ncnn3cccc23)CC1.CN(C)C(=NC=N)c1ccc[nH]1. The van der Waals surface area contributed by atoms with Crippen molar-refractivity contribution in [1.29, 1.82) is 5.41 Å². The highest BCUT2D eigenvalue weighted by molar-refractivity contribution is 6.00. The van der Waals surface area contributed by atoms with Crippen molar-refractivity contribution in [2.24, 2.45) is 10.9 Å². The van der Waals surface area contributed by atoms with Crippen LogP contribution in [0, 0.1) is 11.3 Å². The zero-order valence-corrected chi connectivity index (χ0v) is 16.7. The van der Waals surface area contributed by atoms with Crippen molar-refractivity contribution in [2.75, 3.05) is 32.1 Å². The summed E-state index contributed by atoms with van der Waals surface area (Å²) in [5.41, 5.74) is 2.03. The fourth-order valence-electron chi connectivity index (χ4n) is 3.27. The van der Waals surface area contributed by atoms with Crippen LogP contribution in [0.5, 0.6) is 0 Å². The zero-order chi connectivity index (χ0) is 19.9. The van der Waals surface area contributed by atoms with Gasteiger partial charge in [0, 0.05) is 39.6 Å². The largest absolute Gasteiger partial charge is 0.361 e. The number of nitrogens with one attached hydrogen (secondary N) is 2. The van der Waals surface area contributed by atoms with Crippen LogP contribution in [0.1, 0.15) is 25.5 Å². The lowest BCUT2D eigenvalue weighted by atomic mass is 9.99. The highest BCUT2D eigenvalue weighted by atomic mass is 15.3. The summed E-state index contributed by atoms with van der Waals surface area (Å²) in [7, 11) is 3.78. The molecule has 4 rings (SSSR count). The quantitative estimate of drug-likeness (QED) is 0.540. The van der Waals surface area contributed by atoms with E-state index >= 15 is 0 Å². The van der Waals surface area contributed by atoms with E-state index in [0.717, 1.165) is 48.2 Å². The molecular formula is C20H28N8. The van der Waals surface area contributed by atoms with Crippen LogP contribution in [0.15, 0.2) is 48.0 Å². The molecule has 0 amide bonds. The first kappa shape index (κ1) is 19.6. The van der Waals surface area contributed by atoms with Gasteiger partial charge in [-0.15, -0.1) is 0 Å². The highest BCUT2D eigenvalue weighted by Crippen LogP contribution is 2.24. The lowest BCUT2D eigenvalue weighted by Gasteiger charge is -2.31. The molecule has 148 valence electrons. The monoisotopic (exact) mass is 380 g/mol. The number of hydrogen-bond acceptors (Lipinski definition) is 4. The minimum atomic E-state index is 0.759. The molecular weight excluding hydrogens is 352 g/mol. The Morgan fingerprint density at radius 2 is 2.07 bits per heavy atom. The molecule has 1 aliphatic heterocycles. The molecule has 0 saturated carbocycles. The van der Waals surface area contributed by atoms with Gasteiger partial charge >= 0.3 is 0 Å². The number of rotatable bonds is 3. The van der Waals surface area contributed by atoms with Gasteiger partial charge in [0.1, 0.15) is 18.2 Å². The lowest BCUT2D eigenvalue weighted by molar-refractivity contribution is 0.436. The smallest absolute Gasteiger partial charge is 0.156 e. The van der Waals surface area contributed by atoms with Crippen molar-refractivity contribution in [3.63, 3.8) is 0 Å². The summed E-state index contributed by atoms with van der Waals surface area (Å²) in [4.78, 5) is 15.6. The summed E-state index contributed by atoms with van der Waals surface area (Å²) in [6.45, 7) is 4.54. The number of aromatic amines is 1. The molecule has 0 spiro atoms. The van der Waals surface area contributed by atoms with E-state index in [1.165, 1.54) is 12.8 Å². The minimum absolute atomic E-state index is 0.759. The molecule has 0 aromatic carbocycles. The lowest BCUT2D eigenvalue weighted by Crippen LogP contribution is -2.33. The Morgan fingerprint density at radius 3 is 2.71 bits per heavy atom. The second-order valence-corrected chi connectivity index (χ2v) is 7.15. The predicted molar refractivity (Wildman–Crippen MR) is 113 cm³/mol. The van der Waals surface area contributed by atoms with Crippen molar-refractivity contribution in [3.05, 3.63) is 48.7 Å². The number of nitrogens with zero attached hydrogens (tertiary/aromatic N) is 6. The number of hydrogen-bond donors (Lipinski definition) is 2. The van der Waals surface area contributed by atoms with Gasteiger partial charge in [-0.1, -0.05) is 6.92 Å². The van der Waals surface area contributed by atoms with Crippen LogP contribution < -0.4 is 4.90 Å². The Bertz CT molecular complexity index is 901. The summed E-state index contributed by atoms with van der Waals surface area (Å²) in [5.74, 6) is 2.68. The maximum absolute atomic E-state index is 6.88. The van der Waals surface area contributed by atoms with Gasteiger partial charge < -0.3 is 14.8 Å². The number of piperidine rings is 1. The standard InChI is InChI=1S/C12H16N4.C8H12N4/c1-10-4-7-15(8-5-10)12-11-3-2-6-16(11)14-9-13-12;1-12(2)8(11-6-9)7-4-3-5-10-7/h2-3,6,9-10H,4-5,7-8H2,1H3;3-6,9-10H,1-2H3.